The number of unbranched alkanes of at least 4 members (excludes halogenated alkanes) is 3. The minimum Gasteiger partial charge on any atom is -0.494 e. The van der Waals surface area contributed by atoms with Crippen LogP contribution < -0.4 is 9.30 Å². The topological polar surface area (TPSA) is 50.6 Å². The van der Waals surface area contributed by atoms with Crippen molar-refractivity contribution in [2.24, 2.45) is 5.16 Å². The number of hydrogen-bond acceptors (Lipinski definition) is 3. The molecule has 0 unspecified atom stereocenters. The zero-order valence-corrected chi connectivity index (χ0v) is 15.4. The summed E-state index contributed by atoms with van der Waals surface area (Å²) in [5, 5.41) is 12.0. The Labute approximate surface area is 150 Å². The molecule has 136 valence electrons. The van der Waals surface area contributed by atoms with Crippen molar-refractivity contribution >= 4 is 5.71 Å². The van der Waals surface area contributed by atoms with Gasteiger partial charge >= 0.3 is 0 Å². The molecule has 0 aliphatic heterocycles. The van der Waals surface area contributed by atoms with Crippen LogP contribution in [-0.4, -0.2) is 22.1 Å². The number of benzene rings is 1. The van der Waals surface area contributed by atoms with E-state index in [-0.39, 0.29) is 0 Å². The van der Waals surface area contributed by atoms with Crippen LogP contribution >= 0.6 is 0 Å². The van der Waals surface area contributed by atoms with Crippen LogP contribution in [0.25, 0.3) is 0 Å². The first-order valence-corrected chi connectivity index (χ1v) is 9.19. The summed E-state index contributed by atoms with van der Waals surface area (Å²) in [4.78, 5) is 0. The average molecular weight is 344 g/mol. The zero-order valence-electron chi connectivity index (χ0n) is 15.4. The Morgan fingerprint density at radius 2 is 1.96 bits per heavy atom. The quantitative estimate of drug-likeness (QED) is 0.220. The monoisotopic (exact) mass is 344 g/mol. The second-order valence-corrected chi connectivity index (χ2v) is 6.36. The van der Waals surface area contributed by atoms with Gasteiger partial charge in [0.15, 0.2) is 0 Å². The molecule has 0 aliphatic carbocycles. The fourth-order valence-corrected chi connectivity index (χ4v) is 2.66. The zero-order chi connectivity index (χ0) is 17.9. The number of rotatable bonds is 11. The molecule has 0 radical (unpaired) electrons. The van der Waals surface area contributed by atoms with E-state index in [1.165, 1.54) is 12.8 Å². The number of aromatic nitrogens is 2. The van der Waals surface area contributed by atoms with Crippen LogP contribution in [0.15, 0.2) is 48.1 Å². The van der Waals surface area contributed by atoms with Crippen molar-refractivity contribution in [1.29, 1.82) is 0 Å². The van der Waals surface area contributed by atoms with E-state index in [4.69, 9.17) is 9.94 Å². The van der Waals surface area contributed by atoms with Crippen molar-refractivity contribution in [3.05, 3.63) is 48.5 Å². The number of oxime groups is 1. The molecule has 0 saturated carbocycles. The van der Waals surface area contributed by atoms with Gasteiger partial charge in [-0.15, -0.1) is 0 Å². The summed E-state index contributed by atoms with van der Waals surface area (Å²) in [6.45, 7) is 6.90. The highest BCUT2D eigenvalue weighted by molar-refractivity contribution is 5.98. The summed E-state index contributed by atoms with van der Waals surface area (Å²) in [6.07, 6.45) is 12.4. The van der Waals surface area contributed by atoms with Gasteiger partial charge in [0.25, 0.3) is 0 Å². The number of hydrogen-bond donors (Lipinski definition) is 1. The number of imidazole rings is 1. The van der Waals surface area contributed by atoms with Gasteiger partial charge < -0.3 is 9.94 Å². The van der Waals surface area contributed by atoms with Crippen LogP contribution in [0.1, 0.15) is 51.5 Å². The van der Waals surface area contributed by atoms with Gasteiger partial charge in [-0.1, -0.05) is 18.5 Å². The minimum absolute atomic E-state index is 0.604. The van der Waals surface area contributed by atoms with E-state index in [0.717, 1.165) is 50.3 Å². The van der Waals surface area contributed by atoms with Gasteiger partial charge in [-0.25, -0.2) is 9.13 Å². The lowest BCUT2D eigenvalue weighted by Crippen LogP contribution is -2.30. The maximum absolute atomic E-state index is 8.76. The molecule has 0 spiro atoms. The Balaban J connectivity index is 1.59. The first-order valence-electron chi connectivity index (χ1n) is 9.19. The number of nitrogens with zero attached hydrogens (tertiary/aromatic N) is 3. The van der Waals surface area contributed by atoms with E-state index >= 15 is 0 Å². The van der Waals surface area contributed by atoms with E-state index < -0.39 is 0 Å². The minimum atomic E-state index is 0.604. The molecule has 1 heterocycles. The standard InChI is InChI=1S/C20H29N3O2/c1-3-4-12-22-14-15-23(17-22)13-6-5-7-16-25-20-10-8-19(9-11-20)18(2)21-24/h8-11,14-15,17H,3-7,12-13,16H2,1-2H3/p+1/b21-18+. The van der Waals surface area contributed by atoms with Crippen molar-refractivity contribution in [2.75, 3.05) is 6.61 Å². The highest BCUT2D eigenvalue weighted by Crippen LogP contribution is 2.13. The molecule has 0 saturated heterocycles. The smallest absolute Gasteiger partial charge is 0.243 e. The fourth-order valence-electron chi connectivity index (χ4n) is 2.66. The molecule has 1 N–H and O–H groups in total. The Morgan fingerprint density at radius 3 is 2.68 bits per heavy atom. The summed E-state index contributed by atoms with van der Waals surface area (Å²) in [5.41, 5.74) is 1.50. The molecule has 5 nitrogen and oxygen atoms in total. The van der Waals surface area contributed by atoms with Crippen LogP contribution in [0.3, 0.4) is 0 Å². The number of aryl methyl sites for hydroxylation is 2. The summed E-state index contributed by atoms with van der Waals surface area (Å²) in [7, 11) is 0. The lowest BCUT2D eigenvalue weighted by atomic mass is 10.1. The van der Waals surface area contributed by atoms with Crippen LogP contribution in [0.2, 0.25) is 0 Å². The van der Waals surface area contributed by atoms with E-state index in [9.17, 15) is 0 Å². The van der Waals surface area contributed by atoms with E-state index in [1.54, 1.807) is 6.92 Å². The Morgan fingerprint density at radius 1 is 1.16 bits per heavy atom. The molecule has 1 aromatic carbocycles. The Kier molecular flexibility index (Phi) is 8.02. The van der Waals surface area contributed by atoms with E-state index in [1.807, 2.05) is 24.3 Å². The van der Waals surface area contributed by atoms with Crippen LogP contribution in [0, 0.1) is 0 Å². The normalized spacial score (nSPS) is 11.7. The van der Waals surface area contributed by atoms with Crippen LogP contribution in [-0.2, 0) is 13.1 Å². The van der Waals surface area contributed by atoms with Crippen molar-refractivity contribution in [1.82, 2.24) is 4.57 Å². The molecule has 0 bridgehead atoms. The lowest BCUT2D eigenvalue weighted by Gasteiger charge is -2.06. The molecular weight excluding hydrogens is 314 g/mol. The lowest BCUT2D eigenvalue weighted by molar-refractivity contribution is -0.696. The van der Waals surface area contributed by atoms with Gasteiger partial charge in [0.05, 0.1) is 25.4 Å². The second kappa shape index (κ2) is 10.5. The molecule has 0 amide bonds. The van der Waals surface area contributed by atoms with Gasteiger partial charge in [0.2, 0.25) is 6.33 Å². The molecule has 1 aromatic heterocycles. The first kappa shape index (κ1) is 19.0. The van der Waals surface area contributed by atoms with Crippen molar-refractivity contribution in [3.8, 4) is 5.75 Å². The molecule has 2 rings (SSSR count). The molecule has 2 aromatic rings. The van der Waals surface area contributed by atoms with Gasteiger partial charge in [-0.05, 0) is 62.4 Å². The van der Waals surface area contributed by atoms with Crippen molar-refractivity contribution < 1.29 is 14.5 Å². The predicted molar refractivity (Wildman–Crippen MR) is 99.3 cm³/mol. The summed E-state index contributed by atoms with van der Waals surface area (Å²) >= 11 is 0. The molecule has 0 fully saturated rings. The Hall–Kier alpha value is -2.30. The van der Waals surface area contributed by atoms with Crippen LogP contribution in [0.5, 0.6) is 5.75 Å². The van der Waals surface area contributed by atoms with E-state index in [2.05, 4.69) is 39.9 Å². The largest absolute Gasteiger partial charge is 0.494 e. The molecule has 25 heavy (non-hydrogen) atoms. The predicted octanol–water partition coefficient (Wildman–Crippen LogP) is 4.02. The third-order valence-corrected chi connectivity index (χ3v) is 4.27. The molecule has 5 heteroatoms. The average Bonchev–Trinajstić information content (AvgIpc) is 3.10. The van der Waals surface area contributed by atoms with Gasteiger partial charge in [-0.2, -0.15) is 0 Å². The highest BCUT2D eigenvalue weighted by Gasteiger charge is 2.03. The van der Waals surface area contributed by atoms with E-state index in [0.29, 0.717) is 5.71 Å². The van der Waals surface area contributed by atoms with Gasteiger partial charge in [0.1, 0.15) is 18.1 Å². The fraction of sp³-hybridized carbons (Fsp3) is 0.500. The molecule has 0 aliphatic rings. The van der Waals surface area contributed by atoms with Crippen LogP contribution in [0.4, 0.5) is 0 Å². The molecular formula is C20H30N3O2+. The Bertz CT molecular complexity index is 647. The third-order valence-electron chi connectivity index (χ3n) is 4.27. The summed E-state index contributed by atoms with van der Waals surface area (Å²) in [6, 6.07) is 7.65. The second-order valence-electron chi connectivity index (χ2n) is 6.36. The SMILES string of the molecule is CCCCn1cc[n+](CCCCCOc2ccc(/C(C)=N/O)cc2)c1. The first-order chi connectivity index (χ1) is 12.2. The van der Waals surface area contributed by atoms with Gasteiger partial charge in [-0.3, -0.25) is 0 Å². The summed E-state index contributed by atoms with van der Waals surface area (Å²) < 4.78 is 10.3. The van der Waals surface area contributed by atoms with Crippen molar-refractivity contribution in [3.63, 3.8) is 0 Å². The third kappa shape index (κ3) is 6.61. The molecule has 0 atom stereocenters. The summed E-state index contributed by atoms with van der Waals surface area (Å²) in [5.74, 6) is 0.858. The maximum atomic E-state index is 8.76. The highest BCUT2D eigenvalue weighted by atomic mass is 16.5. The van der Waals surface area contributed by atoms with Crippen molar-refractivity contribution in [2.45, 2.75) is 59.0 Å². The number of ether oxygens (including phenoxy) is 1. The van der Waals surface area contributed by atoms with Gasteiger partial charge in [0, 0.05) is 0 Å². The maximum Gasteiger partial charge on any atom is 0.243 e.